The molecule has 1 fully saturated rings. The average molecular weight is 359 g/mol. The number of fused-ring (bicyclic) bond motifs is 1. The smallest absolute Gasteiger partial charge is 0.240 e. The highest BCUT2D eigenvalue weighted by atomic mass is 16.2. The van der Waals surface area contributed by atoms with Gasteiger partial charge in [0.05, 0.1) is 11.2 Å². The summed E-state index contributed by atoms with van der Waals surface area (Å²) < 4.78 is 0. The minimum absolute atomic E-state index is 0.245. The van der Waals surface area contributed by atoms with Gasteiger partial charge in [-0.2, -0.15) is 0 Å². The lowest BCUT2D eigenvalue weighted by atomic mass is 10.0. The van der Waals surface area contributed by atoms with Crippen LogP contribution in [0.25, 0.3) is 10.9 Å². The molecule has 1 saturated carbocycles. The first kappa shape index (κ1) is 17.2. The van der Waals surface area contributed by atoms with Gasteiger partial charge in [-0.15, -0.1) is 0 Å². The molecule has 1 aliphatic rings. The van der Waals surface area contributed by atoms with Crippen molar-refractivity contribution in [1.29, 1.82) is 0 Å². The molecular weight excluding hydrogens is 338 g/mol. The number of nitrogens with zero attached hydrogens (tertiary/aromatic N) is 1. The molecule has 5 heteroatoms. The Labute approximate surface area is 157 Å². The molecule has 0 saturated heterocycles. The molecule has 2 amide bonds. The maximum Gasteiger partial charge on any atom is 0.240 e. The van der Waals surface area contributed by atoms with E-state index in [4.69, 9.17) is 0 Å². The van der Waals surface area contributed by atoms with E-state index in [-0.39, 0.29) is 11.8 Å². The second kappa shape index (κ2) is 6.50. The van der Waals surface area contributed by atoms with E-state index in [1.807, 2.05) is 62.4 Å². The number of pyridine rings is 1. The van der Waals surface area contributed by atoms with Crippen LogP contribution in [0.5, 0.6) is 0 Å². The van der Waals surface area contributed by atoms with Gasteiger partial charge in [0.25, 0.3) is 0 Å². The first-order valence-electron chi connectivity index (χ1n) is 9.04. The highest BCUT2D eigenvalue weighted by Gasteiger charge is 2.56. The lowest BCUT2D eigenvalue weighted by molar-refractivity contribution is -0.131. The van der Waals surface area contributed by atoms with E-state index < -0.39 is 5.41 Å². The Kier molecular flexibility index (Phi) is 4.15. The van der Waals surface area contributed by atoms with Crippen LogP contribution < -0.4 is 10.6 Å². The van der Waals surface area contributed by atoms with Crippen molar-refractivity contribution in [2.24, 2.45) is 5.41 Å². The van der Waals surface area contributed by atoms with Gasteiger partial charge in [-0.25, -0.2) is 0 Å². The fourth-order valence-electron chi connectivity index (χ4n) is 3.37. The summed E-state index contributed by atoms with van der Waals surface area (Å²) in [5, 5.41) is 6.84. The van der Waals surface area contributed by atoms with E-state index in [1.54, 1.807) is 6.20 Å². The summed E-state index contributed by atoms with van der Waals surface area (Å²) >= 11 is 0. The monoisotopic (exact) mass is 359 g/mol. The Morgan fingerprint density at radius 3 is 2.22 bits per heavy atom. The fourth-order valence-corrected chi connectivity index (χ4v) is 3.37. The molecule has 0 unspecified atom stereocenters. The standard InChI is InChI=1S/C22H21N3O2/c1-14-6-3-7-15(2)18(14)25-21(27)22(11-12-22)20(26)24-17-10-4-8-16-9-5-13-23-19(16)17/h3-10,13H,11-12H2,1-2H3,(H,24,26)(H,25,27). The molecule has 4 rings (SSSR count). The molecule has 1 aromatic heterocycles. The Hall–Kier alpha value is -3.21. The van der Waals surface area contributed by atoms with Crippen molar-refractivity contribution >= 4 is 34.1 Å². The van der Waals surface area contributed by atoms with Crippen LogP contribution in [0.3, 0.4) is 0 Å². The van der Waals surface area contributed by atoms with Crippen LogP contribution in [0.2, 0.25) is 0 Å². The Morgan fingerprint density at radius 1 is 0.889 bits per heavy atom. The molecule has 0 bridgehead atoms. The van der Waals surface area contributed by atoms with E-state index in [9.17, 15) is 9.59 Å². The van der Waals surface area contributed by atoms with Gasteiger partial charge < -0.3 is 10.6 Å². The molecule has 2 aromatic carbocycles. The predicted octanol–water partition coefficient (Wildman–Crippen LogP) is 4.21. The average Bonchev–Trinajstić information content (AvgIpc) is 3.47. The molecule has 0 spiro atoms. The summed E-state index contributed by atoms with van der Waals surface area (Å²) in [5.74, 6) is -0.519. The Balaban J connectivity index is 1.57. The number of rotatable bonds is 4. The van der Waals surface area contributed by atoms with Crippen molar-refractivity contribution in [3.8, 4) is 0 Å². The quantitative estimate of drug-likeness (QED) is 0.686. The predicted molar refractivity (Wildman–Crippen MR) is 107 cm³/mol. The molecule has 3 aromatic rings. The zero-order chi connectivity index (χ0) is 19.0. The molecule has 1 heterocycles. The number of carbonyl (C=O) groups is 2. The number of para-hydroxylation sites is 2. The van der Waals surface area contributed by atoms with E-state index in [0.717, 1.165) is 27.7 Å². The summed E-state index contributed by atoms with van der Waals surface area (Å²) in [6, 6.07) is 15.3. The number of benzene rings is 2. The van der Waals surface area contributed by atoms with Gasteiger partial charge in [-0.3, -0.25) is 14.6 Å². The van der Waals surface area contributed by atoms with Gasteiger partial charge in [0.1, 0.15) is 5.41 Å². The number of aryl methyl sites for hydroxylation is 2. The van der Waals surface area contributed by atoms with Crippen LogP contribution in [0.4, 0.5) is 11.4 Å². The first-order valence-corrected chi connectivity index (χ1v) is 9.04. The number of hydrogen-bond acceptors (Lipinski definition) is 3. The third-order valence-corrected chi connectivity index (χ3v) is 5.22. The summed E-state index contributed by atoms with van der Waals surface area (Å²) in [7, 11) is 0. The zero-order valence-corrected chi connectivity index (χ0v) is 15.4. The van der Waals surface area contributed by atoms with Gasteiger partial charge >= 0.3 is 0 Å². The van der Waals surface area contributed by atoms with Gasteiger partial charge in [-0.1, -0.05) is 36.4 Å². The SMILES string of the molecule is Cc1cccc(C)c1NC(=O)C1(C(=O)Nc2cccc3cccnc23)CC1. The Bertz CT molecular complexity index is 1030. The molecular formula is C22H21N3O2. The number of aromatic nitrogens is 1. The van der Waals surface area contributed by atoms with Crippen molar-refractivity contribution in [1.82, 2.24) is 4.98 Å². The summed E-state index contributed by atoms with van der Waals surface area (Å²) in [5.41, 5.74) is 3.10. The molecule has 2 N–H and O–H groups in total. The number of carbonyl (C=O) groups excluding carboxylic acids is 2. The fraction of sp³-hybridized carbons (Fsp3) is 0.227. The van der Waals surface area contributed by atoms with E-state index >= 15 is 0 Å². The first-order chi connectivity index (χ1) is 13.0. The summed E-state index contributed by atoms with van der Waals surface area (Å²) in [4.78, 5) is 30.2. The highest BCUT2D eigenvalue weighted by Crippen LogP contribution is 2.48. The lowest BCUT2D eigenvalue weighted by Crippen LogP contribution is -2.36. The van der Waals surface area contributed by atoms with E-state index in [1.165, 1.54) is 0 Å². The molecule has 0 aliphatic heterocycles. The Morgan fingerprint density at radius 2 is 1.52 bits per heavy atom. The molecule has 27 heavy (non-hydrogen) atoms. The van der Waals surface area contributed by atoms with Crippen LogP contribution in [0.15, 0.2) is 54.7 Å². The van der Waals surface area contributed by atoms with Crippen LogP contribution in [0, 0.1) is 19.3 Å². The van der Waals surface area contributed by atoms with Crippen molar-refractivity contribution in [3.63, 3.8) is 0 Å². The minimum Gasteiger partial charge on any atom is -0.325 e. The summed E-state index contributed by atoms with van der Waals surface area (Å²) in [6.45, 7) is 3.90. The number of nitrogens with one attached hydrogen (secondary N) is 2. The highest BCUT2D eigenvalue weighted by molar-refractivity contribution is 6.18. The van der Waals surface area contributed by atoms with Gasteiger partial charge in [-0.05, 0) is 49.9 Å². The number of anilines is 2. The van der Waals surface area contributed by atoms with E-state index in [2.05, 4.69) is 15.6 Å². The van der Waals surface area contributed by atoms with E-state index in [0.29, 0.717) is 18.5 Å². The number of hydrogen-bond donors (Lipinski definition) is 2. The maximum absolute atomic E-state index is 12.9. The van der Waals surface area contributed by atoms with Crippen molar-refractivity contribution in [2.75, 3.05) is 10.6 Å². The molecule has 0 atom stereocenters. The van der Waals surface area contributed by atoms with Crippen LogP contribution >= 0.6 is 0 Å². The van der Waals surface area contributed by atoms with Gasteiger partial charge in [0.15, 0.2) is 0 Å². The largest absolute Gasteiger partial charge is 0.325 e. The summed E-state index contributed by atoms with van der Waals surface area (Å²) in [6.07, 6.45) is 2.79. The molecule has 136 valence electrons. The van der Waals surface area contributed by atoms with Crippen molar-refractivity contribution in [2.45, 2.75) is 26.7 Å². The lowest BCUT2D eigenvalue weighted by Gasteiger charge is -2.18. The third-order valence-electron chi connectivity index (χ3n) is 5.22. The zero-order valence-electron chi connectivity index (χ0n) is 15.4. The second-order valence-corrected chi connectivity index (χ2v) is 7.14. The molecule has 0 radical (unpaired) electrons. The van der Waals surface area contributed by atoms with Crippen molar-refractivity contribution in [3.05, 3.63) is 65.9 Å². The normalized spacial score (nSPS) is 14.6. The van der Waals surface area contributed by atoms with Gasteiger partial charge in [0, 0.05) is 17.3 Å². The molecule has 1 aliphatic carbocycles. The van der Waals surface area contributed by atoms with Gasteiger partial charge in [0.2, 0.25) is 11.8 Å². The van der Waals surface area contributed by atoms with Crippen molar-refractivity contribution < 1.29 is 9.59 Å². The molecule has 5 nitrogen and oxygen atoms in total. The topological polar surface area (TPSA) is 71.1 Å². The van der Waals surface area contributed by atoms with Crippen LogP contribution in [-0.2, 0) is 9.59 Å². The minimum atomic E-state index is -1.01. The second-order valence-electron chi connectivity index (χ2n) is 7.14. The third kappa shape index (κ3) is 3.05. The van der Waals surface area contributed by atoms with Crippen LogP contribution in [-0.4, -0.2) is 16.8 Å². The number of amides is 2. The maximum atomic E-state index is 12.9. The van der Waals surface area contributed by atoms with Crippen LogP contribution in [0.1, 0.15) is 24.0 Å².